The third-order valence-corrected chi connectivity index (χ3v) is 6.02. The number of hydrogen-bond donors (Lipinski definition) is 1. The van der Waals surface area contributed by atoms with E-state index in [0.29, 0.717) is 12.3 Å². The summed E-state index contributed by atoms with van der Waals surface area (Å²) >= 11 is 0. The van der Waals surface area contributed by atoms with Crippen molar-refractivity contribution in [1.82, 2.24) is 20.0 Å². The van der Waals surface area contributed by atoms with Gasteiger partial charge in [-0.1, -0.05) is 17.7 Å². The highest BCUT2D eigenvalue weighted by atomic mass is 16.2. The highest BCUT2D eigenvalue weighted by Crippen LogP contribution is 2.22. The van der Waals surface area contributed by atoms with Crippen molar-refractivity contribution in [2.45, 2.75) is 26.2 Å². The van der Waals surface area contributed by atoms with Crippen LogP contribution in [0.5, 0.6) is 0 Å². The molecule has 6 heteroatoms. The minimum absolute atomic E-state index is 0.107. The number of carbonyl (C=O) groups excluding carboxylic acids is 2. The van der Waals surface area contributed by atoms with Crippen molar-refractivity contribution in [3.8, 4) is 0 Å². The lowest BCUT2D eigenvalue weighted by molar-refractivity contribution is -0.122. The summed E-state index contributed by atoms with van der Waals surface area (Å²) in [5.41, 5.74) is 1.92. The molecule has 1 aromatic rings. The molecule has 0 spiro atoms. The molecule has 0 atom stereocenters. The Morgan fingerprint density at radius 1 is 1.00 bits per heavy atom. The maximum atomic E-state index is 12.6. The van der Waals surface area contributed by atoms with Gasteiger partial charge < -0.3 is 15.1 Å². The molecule has 1 aromatic carbocycles. The lowest BCUT2D eigenvalue weighted by Gasteiger charge is -2.33. The maximum absolute atomic E-state index is 12.6. The lowest BCUT2D eigenvalue weighted by atomic mass is 9.93. The van der Waals surface area contributed by atoms with Gasteiger partial charge in [-0.15, -0.1) is 0 Å². The van der Waals surface area contributed by atoms with Crippen molar-refractivity contribution in [3.63, 3.8) is 0 Å². The number of likely N-dealkylation sites (N-methyl/N-ethyl adjacent to an activating group) is 1. The Morgan fingerprint density at radius 2 is 1.64 bits per heavy atom. The number of piperazine rings is 1. The van der Waals surface area contributed by atoms with E-state index < -0.39 is 0 Å². The Kier molecular flexibility index (Phi) is 7.45. The van der Waals surface area contributed by atoms with Gasteiger partial charge in [0.1, 0.15) is 0 Å². The normalized spacial score (nSPS) is 19.6. The molecule has 2 saturated heterocycles. The van der Waals surface area contributed by atoms with Crippen LogP contribution in [-0.4, -0.2) is 85.9 Å². The number of likely N-dealkylation sites (tertiary alicyclic amines) is 1. The van der Waals surface area contributed by atoms with Crippen molar-refractivity contribution in [1.29, 1.82) is 0 Å². The zero-order valence-corrected chi connectivity index (χ0v) is 17.3. The van der Waals surface area contributed by atoms with Crippen molar-refractivity contribution >= 4 is 11.8 Å². The molecule has 0 bridgehead atoms. The Balaban J connectivity index is 1.33. The van der Waals surface area contributed by atoms with E-state index in [4.69, 9.17) is 0 Å². The van der Waals surface area contributed by atoms with Crippen LogP contribution in [0.25, 0.3) is 0 Å². The molecule has 0 aliphatic carbocycles. The van der Waals surface area contributed by atoms with Crippen LogP contribution in [0.2, 0.25) is 0 Å². The molecule has 154 valence electrons. The predicted octanol–water partition coefficient (Wildman–Crippen LogP) is 1.60. The van der Waals surface area contributed by atoms with Crippen molar-refractivity contribution < 1.29 is 9.59 Å². The van der Waals surface area contributed by atoms with Crippen LogP contribution >= 0.6 is 0 Å². The van der Waals surface area contributed by atoms with E-state index in [1.54, 1.807) is 0 Å². The van der Waals surface area contributed by atoms with Gasteiger partial charge in [-0.05, 0) is 44.9 Å². The van der Waals surface area contributed by atoms with Crippen LogP contribution in [-0.2, 0) is 4.79 Å². The van der Waals surface area contributed by atoms with Gasteiger partial charge in [-0.2, -0.15) is 0 Å². The molecule has 3 rings (SSSR count). The highest BCUT2D eigenvalue weighted by Gasteiger charge is 2.25. The summed E-state index contributed by atoms with van der Waals surface area (Å²) < 4.78 is 0. The first-order valence-corrected chi connectivity index (χ1v) is 10.5. The fraction of sp³-hybridized carbons (Fsp3) is 0.636. The van der Waals surface area contributed by atoms with Crippen LogP contribution < -0.4 is 5.32 Å². The smallest absolute Gasteiger partial charge is 0.253 e. The van der Waals surface area contributed by atoms with Crippen molar-refractivity contribution in [2.24, 2.45) is 5.92 Å². The zero-order chi connectivity index (χ0) is 19.9. The standard InChI is InChI=1S/C22H34N4O2/c1-18-3-5-20(6-4-18)22(28)26-10-7-19(8-11-26)17-21(27)23-9-12-25-15-13-24(2)14-16-25/h3-6,19H,7-17H2,1-2H3,(H,23,27). The van der Waals surface area contributed by atoms with Gasteiger partial charge in [0.2, 0.25) is 5.91 Å². The topological polar surface area (TPSA) is 55.9 Å². The molecule has 28 heavy (non-hydrogen) atoms. The van der Waals surface area contributed by atoms with Crippen LogP contribution in [0, 0.1) is 12.8 Å². The second-order valence-corrected chi connectivity index (χ2v) is 8.30. The number of amides is 2. The Labute approximate surface area is 168 Å². The molecule has 2 aliphatic heterocycles. The minimum atomic E-state index is 0.107. The largest absolute Gasteiger partial charge is 0.355 e. The molecule has 0 radical (unpaired) electrons. The Hall–Kier alpha value is -1.92. The molecule has 6 nitrogen and oxygen atoms in total. The summed E-state index contributed by atoms with van der Waals surface area (Å²) in [6.07, 6.45) is 2.39. The summed E-state index contributed by atoms with van der Waals surface area (Å²) in [6.45, 7) is 9.55. The predicted molar refractivity (Wildman–Crippen MR) is 111 cm³/mol. The molecule has 1 N–H and O–H groups in total. The molecule has 2 fully saturated rings. The van der Waals surface area contributed by atoms with Crippen molar-refractivity contribution in [3.05, 3.63) is 35.4 Å². The first kappa shape index (κ1) is 20.8. The van der Waals surface area contributed by atoms with Crippen LogP contribution in [0.3, 0.4) is 0 Å². The average Bonchev–Trinajstić information content (AvgIpc) is 2.70. The van der Waals surface area contributed by atoms with E-state index in [2.05, 4.69) is 22.2 Å². The van der Waals surface area contributed by atoms with Gasteiger partial charge in [-0.3, -0.25) is 14.5 Å². The second-order valence-electron chi connectivity index (χ2n) is 8.30. The third kappa shape index (κ3) is 6.04. The van der Waals surface area contributed by atoms with Crippen LogP contribution in [0.4, 0.5) is 0 Å². The Morgan fingerprint density at radius 3 is 2.29 bits per heavy atom. The van der Waals surface area contributed by atoms with E-state index >= 15 is 0 Å². The SMILES string of the molecule is Cc1ccc(C(=O)N2CCC(CC(=O)NCCN3CCN(C)CC3)CC2)cc1. The van der Waals surface area contributed by atoms with Gasteiger partial charge in [0.15, 0.2) is 0 Å². The molecular weight excluding hydrogens is 352 g/mol. The zero-order valence-electron chi connectivity index (χ0n) is 17.3. The lowest BCUT2D eigenvalue weighted by Crippen LogP contribution is -2.47. The number of aryl methyl sites for hydroxylation is 1. The van der Waals surface area contributed by atoms with E-state index in [1.807, 2.05) is 36.1 Å². The number of rotatable bonds is 6. The highest BCUT2D eigenvalue weighted by molar-refractivity contribution is 5.94. The van der Waals surface area contributed by atoms with Crippen LogP contribution in [0.15, 0.2) is 24.3 Å². The average molecular weight is 387 g/mol. The second kappa shape index (κ2) is 10.0. The van der Waals surface area contributed by atoms with Gasteiger partial charge in [0.25, 0.3) is 5.91 Å². The first-order valence-electron chi connectivity index (χ1n) is 10.5. The monoisotopic (exact) mass is 386 g/mol. The third-order valence-electron chi connectivity index (χ3n) is 6.02. The summed E-state index contributed by atoms with van der Waals surface area (Å²) in [6, 6.07) is 7.76. The van der Waals surface area contributed by atoms with Gasteiger partial charge in [0.05, 0.1) is 0 Å². The summed E-state index contributed by atoms with van der Waals surface area (Å²) in [7, 11) is 2.15. The number of benzene rings is 1. The molecule has 0 aromatic heterocycles. The fourth-order valence-electron chi connectivity index (χ4n) is 3.98. The summed E-state index contributed by atoms with van der Waals surface area (Å²) in [5.74, 6) is 0.637. The molecule has 0 saturated carbocycles. The number of nitrogens with zero attached hydrogens (tertiary/aromatic N) is 3. The Bertz CT molecular complexity index is 645. The first-order chi connectivity index (χ1) is 13.5. The van der Waals surface area contributed by atoms with Gasteiger partial charge in [-0.25, -0.2) is 0 Å². The molecule has 0 unspecified atom stereocenters. The summed E-state index contributed by atoms with van der Waals surface area (Å²) in [4.78, 5) is 31.5. The van der Waals surface area contributed by atoms with Gasteiger partial charge >= 0.3 is 0 Å². The number of hydrogen-bond acceptors (Lipinski definition) is 4. The molecule has 2 aliphatic rings. The molecule has 2 amide bonds. The molecular formula is C22H34N4O2. The minimum Gasteiger partial charge on any atom is -0.355 e. The van der Waals surface area contributed by atoms with Crippen molar-refractivity contribution in [2.75, 3.05) is 59.4 Å². The van der Waals surface area contributed by atoms with E-state index in [0.717, 1.165) is 76.3 Å². The van der Waals surface area contributed by atoms with E-state index in [9.17, 15) is 9.59 Å². The molecule has 2 heterocycles. The summed E-state index contributed by atoms with van der Waals surface area (Å²) in [5, 5.41) is 3.08. The fourth-order valence-corrected chi connectivity index (χ4v) is 3.98. The van der Waals surface area contributed by atoms with Crippen LogP contribution in [0.1, 0.15) is 35.2 Å². The van der Waals surface area contributed by atoms with E-state index in [1.165, 1.54) is 0 Å². The quantitative estimate of drug-likeness (QED) is 0.807. The number of piperidine rings is 1. The van der Waals surface area contributed by atoms with Gasteiger partial charge in [0, 0.05) is 64.3 Å². The number of nitrogens with one attached hydrogen (secondary N) is 1. The number of carbonyl (C=O) groups is 2. The van der Waals surface area contributed by atoms with E-state index in [-0.39, 0.29) is 11.8 Å². The maximum Gasteiger partial charge on any atom is 0.253 e.